The van der Waals surface area contributed by atoms with Gasteiger partial charge in [0, 0.05) is 12.2 Å². The fraction of sp³-hybridized carbons (Fsp3) is 0.545. The predicted octanol–water partition coefficient (Wildman–Crippen LogP) is 1.79. The van der Waals surface area contributed by atoms with E-state index in [4.69, 9.17) is 5.73 Å². The van der Waals surface area contributed by atoms with Crippen molar-refractivity contribution in [1.29, 1.82) is 0 Å². The van der Waals surface area contributed by atoms with Crippen LogP contribution < -0.4 is 11.1 Å². The normalized spacial score (nSPS) is 22.2. The fourth-order valence-electron chi connectivity index (χ4n) is 2.07. The maximum atomic E-state index is 5.63. The molecule has 76 valence electrons. The first-order chi connectivity index (χ1) is 6.77. The van der Waals surface area contributed by atoms with Crippen LogP contribution in [0.1, 0.15) is 36.4 Å². The predicted molar refractivity (Wildman–Crippen MR) is 58.0 cm³/mol. The molecule has 3 nitrogen and oxygen atoms in total. The smallest absolute Gasteiger partial charge is 0.123 e. The Labute approximate surface area is 84.7 Å². The summed E-state index contributed by atoms with van der Waals surface area (Å²) in [5, 5.41) is 3.51. The van der Waals surface area contributed by atoms with Crippen LogP contribution in [0.4, 0.5) is 5.82 Å². The van der Waals surface area contributed by atoms with Crippen molar-refractivity contribution in [2.24, 2.45) is 0 Å². The van der Waals surface area contributed by atoms with Crippen molar-refractivity contribution in [3.63, 3.8) is 0 Å². The summed E-state index contributed by atoms with van der Waals surface area (Å²) >= 11 is 0. The first-order valence-corrected chi connectivity index (χ1v) is 5.23. The van der Waals surface area contributed by atoms with E-state index in [0.717, 1.165) is 6.54 Å². The molecule has 0 amide bonds. The van der Waals surface area contributed by atoms with Gasteiger partial charge >= 0.3 is 0 Å². The Kier molecular flexibility index (Phi) is 2.68. The van der Waals surface area contributed by atoms with Crippen LogP contribution in [-0.2, 0) is 0 Å². The van der Waals surface area contributed by atoms with Gasteiger partial charge in [0.1, 0.15) is 5.82 Å². The van der Waals surface area contributed by atoms with Crippen molar-refractivity contribution in [2.75, 3.05) is 12.3 Å². The first kappa shape index (κ1) is 9.46. The van der Waals surface area contributed by atoms with E-state index in [1.165, 1.54) is 30.4 Å². The Morgan fingerprint density at radius 2 is 2.36 bits per heavy atom. The number of pyridine rings is 1. The average Bonchev–Trinajstić information content (AvgIpc) is 2.19. The minimum absolute atomic E-state index is 0.483. The van der Waals surface area contributed by atoms with Gasteiger partial charge in [-0.1, -0.05) is 6.42 Å². The Morgan fingerprint density at radius 1 is 1.50 bits per heavy atom. The second kappa shape index (κ2) is 3.96. The number of aryl methyl sites for hydroxylation is 1. The molecular formula is C11H17N3. The van der Waals surface area contributed by atoms with Gasteiger partial charge < -0.3 is 11.1 Å². The summed E-state index contributed by atoms with van der Waals surface area (Å²) in [6, 6.07) is 2.43. The SMILES string of the molecule is Cc1cc(N)ncc1C1CCCCN1. The molecule has 2 heterocycles. The molecule has 1 atom stereocenters. The van der Waals surface area contributed by atoms with E-state index >= 15 is 0 Å². The van der Waals surface area contributed by atoms with Crippen LogP contribution in [0.15, 0.2) is 12.3 Å². The van der Waals surface area contributed by atoms with Gasteiger partial charge in [-0.05, 0) is 43.5 Å². The third-order valence-electron chi connectivity index (χ3n) is 2.86. The topological polar surface area (TPSA) is 50.9 Å². The summed E-state index contributed by atoms with van der Waals surface area (Å²) in [5.41, 5.74) is 8.18. The quantitative estimate of drug-likeness (QED) is 0.711. The first-order valence-electron chi connectivity index (χ1n) is 5.23. The number of anilines is 1. The second-order valence-electron chi connectivity index (χ2n) is 3.97. The Hall–Kier alpha value is -1.09. The van der Waals surface area contributed by atoms with Crippen molar-refractivity contribution in [3.8, 4) is 0 Å². The Balaban J connectivity index is 2.22. The molecule has 0 spiro atoms. The molecule has 0 aromatic carbocycles. The van der Waals surface area contributed by atoms with Crippen LogP contribution in [0.25, 0.3) is 0 Å². The van der Waals surface area contributed by atoms with Crippen molar-refractivity contribution in [2.45, 2.75) is 32.2 Å². The molecule has 0 saturated carbocycles. The van der Waals surface area contributed by atoms with Gasteiger partial charge in [-0.15, -0.1) is 0 Å². The monoisotopic (exact) mass is 191 g/mol. The summed E-state index contributed by atoms with van der Waals surface area (Å²) in [5.74, 6) is 0.613. The summed E-state index contributed by atoms with van der Waals surface area (Å²) in [6.45, 7) is 3.22. The zero-order valence-electron chi connectivity index (χ0n) is 8.59. The number of nitrogen functional groups attached to an aromatic ring is 1. The molecule has 1 unspecified atom stereocenters. The molecule has 2 rings (SSSR count). The van der Waals surface area contributed by atoms with Crippen molar-refractivity contribution < 1.29 is 0 Å². The Morgan fingerprint density at radius 3 is 3.00 bits per heavy atom. The lowest BCUT2D eigenvalue weighted by Crippen LogP contribution is -2.27. The van der Waals surface area contributed by atoms with Crippen LogP contribution in [0, 0.1) is 6.92 Å². The van der Waals surface area contributed by atoms with Crippen LogP contribution in [0.2, 0.25) is 0 Å². The molecule has 0 radical (unpaired) electrons. The molecule has 1 fully saturated rings. The van der Waals surface area contributed by atoms with E-state index in [9.17, 15) is 0 Å². The highest BCUT2D eigenvalue weighted by Crippen LogP contribution is 2.25. The van der Waals surface area contributed by atoms with Gasteiger partial charge in [0.25, 0.3) is 0 Å². The number of hydrogen-bond acceptors (Lipinski definition) is 3. The van der Waals surface area contributed by atoms with Crippen molar-refractivity contribution in [3.05, 3.63) is 23.4 Å². The minimum Gasteiger partial charge on any atom is -0.384 e. The number of nitrogens with two attached hydrogens (primary N) is 1. The molecule has 0 bridgehead atoms. The molecule has 1 aromatic heterocycles. The van der Waals surface area contributed by atoms with Gasteiger partial charge in [0.2, 0.25) is 0 Å². The number of hydrogen-bond donors (Lipinski definition) is 2. The molecule has 1 aliphatic rings. The van der Waals surface area contributed by atoms with E-state index in [1.54, 1.807) is 0 Å². The minimum atomic E-state index is 0.483. The van der Waals surface area contributed by atoms with E-state index < -0.39 is 0 Å². The third-order valence-corrected chi connectivity index (χ3v) is 2.86. The summed E-state index contributed by atoms with van der Waals surface area (Å²) in [7, 11) is 0. The van der Waals surface area contributed by atoms with Crippen molar-refractivity contribution >= 4 is 5.82 Å². The molecule has 0 aliphatic carbocycles. The molecule has 1 aromatic rings. The number of rotatable bonds is 1. The molecule has 1 saturated heterocycles. The summed E-state index contributed by atoms with van der Waals surface area (Å²) in [6.07, 6.45) is 5.72. The summed E-state index contributed by atoms with van der Waals surface area (Å²) in [4.78, 5) is 4.15. The maximum absolute atomic E-state index is 5.63. The third kappa shape index (κ3) is 1.87. The van der Waals surface area contributed by atoms with Crippen LogP contribution >= 0.6 is 0 Å². The highest BCUT2D eigenvalue weighted by Gasteiger charge is 2.16. The van der Waals surface area contributed by atoms with Gasteiger partial charge in [0.05, 0.1) is 0 Å². The highest BCUT2D eigenvalue weighted by molar-refractivity contribution is 5.37. The Bertz CT molecular complexity index is 316. The molecule has 3 heteroatoms. The lowest BCUT2D eigenvalue weighted by molar-refractivity contribution is 0.410. The maximum Gasteiger partial charge on any atom is 0.123 e. The zero-order chi connectivity index (χ0) is 9.97. The lowest BCUT2D eigenvalue weighted by atomic mass is 9.96. The van der Waals surface area contributed by atoms with Gasteiger partial charge in [-0.3, -0.25) is 0 Å². The van der Waals surface area contributed by atoms with E-state index in [-0.39, 0.29) is 0 Å². The molecular weight excluding hydrogens is 174 g/mol. The standard InChI is InChI=1S/C11H17N3/c1-8-6-11(12)14-7-9(8)10-4-2-3-5-13-10/h6-7,10,13H,2-5H2,1H3,(H2,12,14). The molecule has 1 aliphatic heterocycles. The second-order valence-corrected chi connectivity index (χ2v) is 3.97. The highest BCUT2D eigenvalue weighted by atomic mass is 14.9. The number of piperidine rings is 1. The van der Waals surface area contributed by atoms with Gasteiger partial charge in [0.15, 0.2) is 0 Å². The molecule has 14 heavy (non-hydrogen) atoms. The molecule has 3 N–H and O–H groups in total. The zero-order valence-corrected chi connectivity index (χ0v) is 8.59. The average molecular weight is 191 g/mol. The fourth-order valence-corrected chi connectivity index (χ4v) is 2.07. The number of nitrogens with one attached hydrogen (secondary N) is 1. The summed E-state index contributed by atoms with van der Waals surface area (Å²) < 4.78 is 0. The van der Waals surface area contributed by atoms with E-state index in [1.807, 2.05) is 12.3 Å². The van der Waals surface area contributed by atoms with E-state index in [0.29, 0.717) is 11.9 Å². The van der Waals surface area contributed by atoms with Gasteiger partial charge in [-0.2, -0.15) is 0 Å². The largest absolute Gasteiger partial charge is 0.384 e. The van der Waals surface area contributed by atoms with Crippen LogP contribution in [0.3, 0.4) is 0 Å². The van der Waals surface area contributed by atoms with Crippen molar-refractivity contribution in [1.82, 2.24) is 10.3 Å². The van der Waals surface area contributed by atoms with Crippen LogP contribution in [0.5, 0.6) is 0 Å². The number of nitrogens with zero attached hydrogens (tertiary/aromatic N) is 1. The lowest BCUT2D eigenvalue weighted by Gasteiger charge is -2.24. The van der Waals surface area contributed by atoms with E-state index in [2.05, 4.69) is 17.2 Å². The van der Waals surface area contributed by atoms with Gasteiger partial charge in [-0.25, -0.2) is 4.98 Å². The number of aromatic nitrogens is 1. The van der Waals surface area contributed by atoms with Crippen LogP contribution in [-0.4, -0.2) is 11.5 Å².